The number of carbonyl (C=O) groups is 1. The molecular weight excluding hydrogens is 390 g/mol. The molecule has 0 aliphatic heterocycles. The topological polar surface area (TPSA) is 81.9 Å². The fourth-order valence-electron chi connectivity index (χ4n) is 4.49. The minimum Gasteiger partial charge on any atom is -0.496 e. The highest BCUT2D eigenvalue weighted by molar-refractivity contribution is 5.98. The zero-order valence-corrected chi connectivity index (χ0v) is 18.3. The maximum absolute atomic E-state index is 12.9. The highest BCUT2D eigenvalue weighted by Crippen LogP contribution is 2.36. The Labute approximate surface area is 182 Å². The Bertz CT molecular complexity index is 1050. The molecule has 1 aromatic carbocycles. The summed E-state index contributed by atoms with van der Waals surface area (Å²) in [5.74, 6) is 1.56. The molecular formula is C24H29N5O2. The number of rotatable bonds is 6. The van der Waals surface area contributed by atoms with Crippen LogP contribution in [0, 0.1) is 12.8 Å². The lowest BCUT2D eigenvalue weighted by molar-refractivity contribution is 0.0938. The van der Waals surface area contributed by atoms with Gasteiger partial charge in [-0.05, 0) is 74.3 Å². The standard InChI is InChI=1S/C24H29N5O2/c1-16-14-19(12-13-25-16)18-10-8-17(9-11-18)15-26-24(30)22-23(29(2)28-27-22)20-6-4-5-7-21(20)31-3/h4-7,12-14,17-18H,8-11,15H2,1-3H3,(H,26,30). The number of amides is 1. The van der Waals surface area contributed by atoms with Gasteiger partial charge in [0.15, 0.2) is 5.69 Å². The normalized spacial score (nSPS) is 18.5. The summed E-state index contributed by atoms with van der Waals surface area (Å²) >= 11 is 0. The molecule has 1 saturated carbocycles. The number of aromatic nitrogens is 4. The molecule has 0 saturated heterocycles. The van der Waals surface area contributed by atoms with Gasteiger partial charge in [0.05, 0.1) is 7.11 Å². The number of methoxy groups -OCH3 is 1. The summed E-state index contributed by atoms with van der Waals surface area (Å²) in [7, 11) is 3.40. The molecule has 0 bridgehead atoms. The monoisotopic (exact) mass is 419 g/mol. The fraction of sp³-hybridized carbons (Fsp3) is 0.417. The Morgan fingerprint density at radius 1 is 1.19 bits per heavy atom. The minimum atomic E-state index is -0.194. The van der Waals surface area contributed by atoms with E-state index in [4.69, 9.17) is 4.74 Å². The molecule has 31 heavy (non-hydrogen) atoms. The Morgan fingerprint density at radius 2 is 1.97 bits per heavy atom. The smallest absolute Gasteiger partial charge is 0.274 e. The van der Waals surface area contributed by atoms with E-state index < -0.39 is 0 Å². The predicted molar refractivity (Wildman–Crippen MR) is 119 cm³/mol. The van der Waals surface area contributed by atoms with Gasteiger partial charge in [0.1, 0.15) is 11.4 Å². The van der Waals surface area contributed by atoms with E-state index >= 15 is 0 Å². The molecule has 1 fully saturated rings. The van der Waals surface area contributed by atoms with Crippen LogP contribution in [0.3, 0.4) is 0 Å². The Morgan fingerprint density at radius 3 is 2.71 bits per heavy atom. The molecule has 0 atom stereocenters. The van der Waals surface area contributed by atoms with Crippen molar-refractivity contribution < 1.29 is 9.53 Å². The molecule has 2 aromatic heterocycles. The maximum Gasteiger partial charge on any atom is 0.274 e. The number of ether oxygens (including phenoxy) is 1. The van der Waals surface area contributed by atoms with Crippen molar-refractivity contribution in [2.75, 3.05) is 13.7 Å². The lowest BCUT2D eigenvalue weighted by atomic mass is 9.79. The molecule has 1 amide bonds. The van der Waals surface area contributed by atoms with E-state index in [1.54, 1.807) is 18.8 Å². The van der Waals surface area contributed by atoms with Crippen LogP contribution in [0.4, 0.5) is 0 Å². The van der Waals surface area contributed by atoms with E-state index in [0.29, 0.717) is 35.5 Å². The summed E-state index contributed by atoms with van der Waals surface area (Å²) in [4.78, 5) is 17.2. The van der Waals surface area contributed by atoms with Gasteiger partial charge in [0.25, 0.3) is 5.91 Å². The third-order valence-electron chi connectivity index (χ3n) is 6.19. The average Bonchev–Trinajstić information content (AvgIpc) is 3.19. The first-order valence-corrected chi connectivity index (χ1v) is 10.8. The lowest BCUT2D eigenvalue weighted by Gasteiger charge is -2.29. The van der Waals surface area contributed by atoms with Crippen LogP contribution in [0.2, 0.25) is 0 Å². The number of pyridine rings is 1. The molecule has 2 heterocycles. The van der Waals surface area contributed by atoms with Crippen LogP contribution in [-0.2, 0) is 7.05 Å². The molecule has 0 spiro atoms. The number of carbonyl (C=O) groups excluding carboxylic acids is 1. The van der Waals surface area contributed by atoms with E-state index in [2.05, 4.69) is 32.7 Å². The first-order chi connectivity index (χ1) is 15.1. The molecule has 0 unspecified atom stereocenters. The predicted octanol–water partition coefficient (Wildman–Crippen LogP) is 3.90. The van der Waals surface area contributed by atoms with Crippen LogP contribution < -0.4 is 10.1 Å². The number of nitrogens with one attached hydrogen (secondary N) is 1. The zero-order valence-electron chi connectivity index (χ0n) is 18.3. The van der Waals surface area contributed by atoms with Crippen molar-refractivity contribution in [1.29, 1.82) is 0 Å². The first kappa shape index (κ1) is 21.0. The Kier molecular flexibility index (Phi) is 6.30. The van der Waals surface area contributed by atoms with Gasteiger partial charge in [0.2, 0.25) is 0 Å². The second kappa shape index (κ2) is 9.29. The highest BCUT2D eigenvalue weighted by atomic mass is 16.5. The van der Waals surface area contributed by atoms with Gasteiger partial charge in [-0.15, -0.1) is 5.10 Å². The summed E-state index contributed by atoms with van der Waals surface area (Å²) in [6.45, 7) is 2.69. The molecule has 0 radical (unpaired) electrons. The SMILES string of the molecule is COc1ccccc1-c1c(C(=O)NCC2CCC(c3ccnc(C)c3)CC2)nnn1C. The molecule has 1 aliphatic carbocycles. The van der Waals surface area contributed by atoms with Crippen molar-refractivity contribution in [2.24, 2.45) is 13.0 Å². The average molecular weight is 420 g/mol. The van der Waals surface area contributed by atoms with Gasteiger partial charge in [-0.3, -0.25) is 9.78 Å². The van der Waals surface area contributed by atoms with Crippen LogP contribution in [-0.4, -0.2) is 39.5 Å². The Balaban J connectivity index is 1.38. The quantitative estimate of drug-likeness (QED) is 0.655. The number of para-hydroxylation sites is 1. The van der Waals surface area contributed by atoms with Gasteiger partial charge in [-0.25, -0.2) is 4.68 Å². The van der Waals surface area contributed by atoms with E-state index in [9.17, 15) is 4.79 Å². The van der Waals surface area contributed by atoms with Gasteiger partial charge in [-0.2, -0.15) is 0 Å². The second-order valence-corrected chi connectivity index (χ2v) is 8.27. The summed E-state index contributed by atoms with van der Waals surface area (Å²) in [6, 6.07) is 11.9. The fourth-order valence-corrected chi connectivity index (χ4v) is 4.49. The number of nitrogens with zero attached hydrogens (tertiary/aromatic N) is 4. The Hall–Kier alpha value is -3.22. The molecule has 1 N–H and O–H groups in total. The van der Waals surface area contributed by atoms with Crippen molar-refractivity contribution in [1.82, 2.24) is 25.3 Å². The van der Waals surface area contributed by atoms with Gasteiger partial charge in [0, 0.05) is 31.0 Å². The minimum absolute atomic E-state index is 0.194. The summed E-state index contributed by atoms with van der Waals surface area (Å²) in [6.07, 6.45) is 6.39. The van der Waals surface area contributed by atoms with Crippen LogP contribution in [0.15, 0.2) is 42.6 Å². The van der Waals surface area contributed by atoms with Crippen molar-refractivity contribution >= 4 is 5.91 Å². The van der Waals surface area contributed by atoms with E-state index in [1.165, 1.54) is 5.56 Å². The largest absolute Gasteiger partial charge is 0.496 e. The molecule has 4 rings (SSSR count). The highest BCUT2D eigenvalue weighted by Gasteiger charge is 2.25. The van der Waals surface area contributed by atoms with Gasteiger partial charge < -0.3 is 10.1 Å². The summed E-state index contributed by atoms with van der Waals surface area (Å²) in [5.41, 5.74) is 4.24. The van der Waals surface area contributed by atoms with E-state index in [-0.39, 0.29) is 5.91 Å². The molecule has 1 aliphatic rings. The van der Waals surface area contributed by atoms with E-state index in [1.807, 2.05) is 37.4 Å². The van der Waals surface area contributed by atoms with Crippen LogP contribution in [0.1, 0.15) is 53.3 Å². The number of hydrogen-bond acceptors (Lipinski definition) is 5. The van der Waals surface area contributed by atoms with Crippen LogP contribution >= 0.6 is 0 Å². The van der Waals surface area contributed by atoms with E-state index in [0.717, 1.165) is 36.9 Å². The van der Waals surface area contributed by atoms with Crippen LogP contribution in [0.25, 0.3) is 11.3 Å². The van der Waals surface area contributed by atoms with Crippen molar-refractivity contribution in [3.63, 3.8) is 0 Å². The van der Waals surface area contributed by atoms with Crippen molar-refractivity contribution in [3.05, 3.63) is 59.5 Å². The second-order valence-electron chi connectivity index (χ2n) is 8.27. The number of aryl methyl sites for hydroxylation is 2. The molecule has 162 valence electrons. The first-order valence-electron chi connectivity index (χ1n) is 10.8. The molecule has 3 aromatic rings. The molecule has 7 nitrogen and oxygen atoms in total. The molecule has 7 heteroatoms. The third kappa shape index (κ3) is 4.60. The zero-order chi connectivity index (χ0) is 21.8. The van der Waals surface area contributed by atoms with Crippen molar-refractivity contribution in [2.45, 2.75) is 38.5 Å². The van der Waals surface area contributed by atoms with Gasteiger partial charge >= 0.3 is 0 Å². The third-order valence-corrected chi connectivity index (χ3v) is 6.19. The maximum atomic E-state index is 12.9. The summed E-state index contributed by atoms with van der Waals surface area (Å²) in [5, 5.41) is 11.3. The number of benzene rings is 1. The van der Waals surface area contributed by atoms with Gasteiger partial charge in [-0.1, -0.05) is 17.3 Å². The van der Waals surface area contributed by atoms with Crippen LogP contribution in [0.5, 0.6) is 5.75 Å². The van der Waals surface area contributed by atoms with Crippen molar-refractivity contribution in [3.8, 4) is 17.0 Å². The lowest BCUT2D eigenvalue weighted by Crippen LogP contribution is -2.31. The summed E-state index contributed by atoms with van der Waals surface area (Å²) < 4.78 is 7.08. The number of hydrogen-bond donors (Lipinski definition) is 1.